The third kappa shape index (κ3) is 3.55. The first-order valence-corrected chi connectivity index (χ1v) is 13.3. The monoisotopic (exact) mass is 454 g/mol. The third-order valence-corrected chi connectivity index (χ3v) is 11.4. The number of Topliss-reactive ketones (excluding diaryl/α,β-unsaturated/α-hetero) is 2. The predicted octanol–water partition coefficient (Wildman–Crippen LogP) is 6.84. The summed E-state index contributed by atoms with van der Waals surface area (Å²) >= 11 is 0. The second-order valence-corrected chi connectivity index (χ2v) is 13.5. The molecule has 1 N–H and O–H groups in total. The normalized spacial score (nSPS) is 42.7. The van der Waals surface area contributed by atoms with Crippen molar-refractivity contribution in [3.05, 3.63) is 23.3 Å². The Morgan fingerprint density at radius 1 is 0.909 bits per heavy atom. The largest absolute Gasteiger partial charge is 0.389 e. The summed E-state index contributed by atoms with van der Waals surface area (Å²) in [5.74, 6) is 1.77. The van der Waals surface area contributed by atoms with Crippen LogP contribution < -0.4 is 0 Å². The summed E-state index contributed by atoms with van der Waals surface area (Å²) in [6.45, 7) is 20.0. The van der Waals surface area contributed by atoms with Crippen molar-refractivity contribution in [3.8, 4) is 0 Å². The molecule has 3 nitrogen and oxygen atoms in total. The molecule has 0 bridgehead atoms. The molecule has 0 spiro atoms. The predicted molar refractivity (Wildman–Crippen MR) is 134 cm³/mol. The molecular formula is C30H46O3. The summed E-state index contributed by atoms with van der Waals surface area (Å²) in [5.41, 5.74) is 3.33. The maximum Gasteiger partial charge on any atom is 0.138 e. The van der Waals surface area contributed by atoms with Gasteiger partial charge in [0, 0.05) is 23.7 Å². The van der Waals surface area contributed by atoms with Gasteiger partial charge in [-0.05, 0) is 86.0 Å². The van der Waals surface area contributed by atoms with E-state index in [9.17, 15) is 14.7 Å². The number of aliphatic hydroxyl groups is 1. The van der Waals surface area contributed by atoms with Crippen LogP contribution >= 0.6 is 0 Å². The Hall–Kier alpha value is -1.22. The van der Waals surface area contributed by atoms with Crippen LogP contribution in [0.3, 0.4) is 0 Å². The Labute approximate surface area is 201 Å². The minimum atomic E-state index is -0.452. The molecule has 4 aliphatic carbocycles. The molecule has 4 aliphatic rings. The molecule has 0 aliphatic heterocycles. The van der Waals surface area contributed by atoms with Gasteiger partial charge in [0.05, 0.1) is 6.10 Å². The van der Waals surface area contributed by atoms with Crippen molar-refractivity contribution in [2.24, 2.45) is 39.4 Å². The van der Waals surface area contributed by atoms with Crippen LogP contribution in [0.5, 0.6) is 0 Å². The van der Waals surface area contributed by atoms with Gasteiger partial charge in [-0.15, -0.1) is 0 Å². The molecule has 0 amide bonds. The van der Waals surface area contributed by atoms with E-state index < -0.39 is 6.10 Å². The lowest BCUT2D eigenvalue weighted by molar-refractivity contribution is -0.145. The fourth-order valence-electron chi connectivity index (χ4n) is 9.11. The first-order valence-electron chi connectivity index (χ1n) is 13.3. The molecule has 3 saturated carbocycles. The highest BCUT2D eigenvalue weighted by molar-refractivity contribution is 5.86. The number of allylic oxidation sites excluding steroid dienone is 2. The van der Waals surface area contributed by atoms with E-state index in [2.05, 4.69) is 55.0 Å². The maximum atomic E-state index is 12.8. The number of carbonyl (C=O) groups is 2. The Balaban J connectivity index is 1.65. The first-order chi connectivity index (χ1) is 15.2. The number of hydrogen-bond donors (Lipinski definition) is 1. The molecule has 4 rings (SSSR count). The summed E-state index contributed by atoms with van der Waals surface area (Å²) in [5, 5.41) is 11.0. The lowest BCUT2D eigenvalue weighted by Crippen LogP contribution is -2.54. The smallest absolute Gasteiger partial charge is 0.138 e. The average Bonchev–Trinajstić information content (AvgIpc) is 2.72. The summed E-state index contributed by atoms with van der Waals surface area (Å²) in [4.78, 5) is 25.6. The molecule has 3 fully saturated rings. The molecule has 0 aromatic heterocycles. The van der Waals surface area contributed by atoms with Gasteiger partial charge >= 0.3 is 0 Å². The number of fused-ring (bicyclic) bond motifs is 2. The molecule has 0 radical (unpaired) electrons. The van der Waals surface area contributed by atoms with E-state index in [1.54, 1.807) is 0 Å². The van der Waals surface area contributed by atoms with Gasteiger partial charge in [-0.25, -0.2) is 0 Å². The molecule has 6 atom stereocenters. The number of carbonyl (C=O) groups excluding carboxylic acids is 2. The fraction of sp³-hybridized carbons (Fsp3) is 0.800. The fourth-order valence-corrected chi connectivity index (χ4v) is 9.11. The summed E-state index contributed by atoms with van der Waals surface area (Å²) < 4.78 is 0. The van der Waals surface area contributed by atoms with E-state index in [-0.39, 0.29) is 27.6 Å². The van der Waals surface area contributed by atoms with Crippen LogP contribution in [0.15, 0.2) is 23.3 Å². The Bertz CT molecular complexity index is 906. The molecule has 184 valence electrons. The second-order valence-electron chi connectivity index (χ2n) is 13.5. The van der Waals surface area contributed by atoms with E-state index in [0.29, 0.717) is 42.7 Å². The van der Waals surface area contributed by atoms with Gasteiger partial charge in [0.2, 0.25) is 0 Å². The van der Waals surface area contributed by atoms with E-state index in [0.717, 1.165) is 44.1 Å². The van der Waals surface area contributed by atoms with Crippen LogP contribution in [-0.2, 0) is 9.59 Å². The van der Waals surface area contributed by atoms with Crippen molar-refractivity contribution in [3.63, 3.8) is 0 Å². The van der Waals surface area contributed by atoms with Crippen LogP contribution in [0, 0.1) is 39.4 Å². The van der Waals surface area contributed by atoms with Gasteiger partial charge in [-0.3, -0.25) is 9.59 Å². The number of ketones is 2. The van der Waals surface area contributed by atoms with Crippen molar-refractivity contribution in [1.29, 1.82) is 0 Å². The van der Waals surface area contributed by atoms with E-state index in [1.165, 1.54) is 11.1 Å². The molecule has 3 heteroatoms. The van der Waals surface area contributed by atoms with Gasteiger partial charge in [-0.1, -0.05) is 59.3 Å². The van der Waals surface area contributed by atoms with Gasteiger partial charge in [0.15, 0.2) is 0 Å². The van der Waals surface area contributed by atoms with Crippen molar-refractivity contribution < 1.29 is 14.7 Å². The van der Waals surface area contributed by atoms with Gasteiger partial charge < -0.3 is 5.11 Å². The zero-order valence-electron chi connectivity index (χ0n) is 22.1. The lowest BCUT2D eigenvalue weighted by atomic mass is 9.46. The molecule has 0 saturated heterocycles. The topological polar surface area (TPSA) is 54.4 Å². The number of hydrogen-bond acceptors (Lipinski definition) is 3. The van der Waals surface area contributed by atoms with E-state index in [4.69, 9.17) is 0 Å². The standard InChI is InChI=1S/C30H46O3/c1-18-9-12-23-27(3,4)25(32)13-15-29(23,7)20(18)10-11-21-19(2)22(31)17-24-28(5,6)26(33)14-16-30(21,24)8/h20,22-24,31H,1,9-17H2,2-8H3/t20-,22+,23-,24-,29+,30-/m0/s1. The summed E-state index contributed by atoms with van der Waals surface area (Å²) in [6.07, 6.45) is 7.50. The maximum absolute atomic E-state index is 12.8. The third-order valence-electron chi connectivity index (χ3n) is 11.4. The van der Waals surface area contributed by atoms with Crippen LogP contribution in [0.25, 0.3) is 0 Å². The molecule has 33 heavy (non-hydrogen) atoms. The van der Waals surface area contributed by atoms with Crippen LogP contribution in [0.4, 0.5) is 0 Å². The zero-order valence-corrected chi connectivity index (χ0v) is 22.1. The van der Waals surface area contributed by atoms with Gasteiger partial charge in [-0.2, -0.15) is 0 Å². The highest BCUT2D eigenvalue weighted by Crippen LogP contribution is 2.63. The number of rotatable bonds is 3. The average molecular weight is 455 g/mol. The van der Waals surface area contributed by atoms with E-state index >= 15 is 0 Å². The summed E-state index contributed by atoms with van der Waals surface area (Å²) in [7, 11) is 0. The first kappa shape index (κ1) is 24.9. The van der Waals surface area contributed by atoms with E-state index in [1.807, 2.05) is 0 Å². The molecule has 0 aromatic carbocycles. The quantitative estimate of drug-likeness (QED) is 0.475. The molecular weight excluding hydrogens is 408 g/mol. The minimum Gasteiger partial charge on any atom is -0.389 e. The summed E-state index contributed by atoms with van der Waals surface area (Å²) in [6, 6.07) is 0. The van der Waals surface area contributed by atoms with Crippen molar-refractivity contribution >= 4 is 11.6 Å². The molecule has 0 heterocycles. The Kier molecular flexibility index (Phi) is 5.96. The van der Waals surface area contributed by atoms with Gasteiger partial charge in [0.1, 0.15) is 11.6 Å². The highest BCUT2D eigenvalue weighted by atomic mass is 16.3. The van der Waals surface area contributed by atoms with Crippen molar-refractivity contribution in [2.45, 2.75) is 112 Å². The zero-order chi connectivity index (χ0) is 24.6. The molecule has 0 aromatic rings. The van der Waals surface area contributed by atoms with Crippen LogP contribution in [0.1, 0.15) is 106 Å². The Morgan fingerprint density at radius 2 is 1.48 bits per heavy atom. The minimum absolute atomic E-state index is 0.0289. The van der Waals surface area contributed by atoms with Crippen molar-refractivity contribution in [2.75, 3.05) is 0 Å². The van der Waals surface area contributed by atoms with Crippen LogP contribution in [-0.4, -0.2) is 22.8 Å². The Morgan fingerprint density at radius 3 is 2.12 bits per heavy atom. The number of aliphatic hydroxyl groups excluding tert-OH is 1. The van der Waals surface area contributed by atoms with Crippen LogP contribution in [0.2, 0.25) is 0 Å². The highest BCUT2D eigenvalue weighted by Gasteiger charge is 2.57. The van der Waals surface area contributed by atoms with Crippen molar-refractivity contribution in [1.82, 2.24) is 0 Å². The second kappa shape index (κ2) is 7.90. The lowest BCUT2D eigenvalue weighted by Gasteiger charge is -2.58. The molecule has 0 unspecified atom stereocenters. The SMILES string of the molecule is C=C1CC[C@H]2C(C)(C)C(=O)CC[C@]2(C)[C@H]1CCC1=C(C)[C@H](O)C[C@H]2C(C)(C)C(=O)CC[C@@]12C. The van der Waals surface area contributed by atoms with Gasteiger partial charge in [0.25, 0.3) is 0 Å².